The molecule has 0 aromatic carbocycles. The number of cyclic esters (lactones) is 1. The van der Waals surface area contributed by atoms with E-state index in [0.717, 1.165) is 18.4 Å². The number of hydrogen-bond donors (Lipinski definition) is 0. The van der Waals surface area contributed by atoms with Gasteiger partial charge in [0.1, 0.15) is 0 Å². The third-order valence-corrected chi connectivity index (χ3v) is 9.55. The summed E-state index contributed by atoms with van der Waals surface area (Å²) in [7, 11) is -1.84. The van der Waals surface area contributed by atoms with Crippen LogP contribution in [0.25, 0.3) is 0 Å². The van der Waals surface area contributed by atoms with E-state index in [1.165, 1.54) is 5.57 Å². The van der Waals surface area contributed by atoms with Gasteiger partial charge in [-0.1, -0.05) is 34.6 Å². The second-order valence-electron chi connectivity index (χ2n) is 8.31. The van der Waals surface area contributed by atoms with Gasteiger partial charge in [0, 0.05) is 12.0 Å². The Morgan fingerprint density at radius 2 is 1.90 bits per heavy atom. The fraction of sp³-hybridized carbons (Fsp3) is 0.812. The van der Waals surface area contributed by atoms with Crippen molar-refractivity contribution in [2.24, 2.45) is 5.41 Å². The predicted molar refractivity (Wildman–Crippen MR) is 83.1 cm³/mol. The quantitative estimate of drug-likeness (QED) is 0.569. The van der Waals surface area contributed by atoms with Crippen LogP contribution >= 0.6 is 0 Å². The maximum Gasteiger partial charge on any atom is 0.334 e. The molecule has 3 nitrogen and oxygen atoms in total. The SMILES string of the molecule is CC1(C)CC2=C(CCOC2=O)C1O[Si](C)(C)C(C)(C)C. The largest absolute Gasteiger partial charge is 0.462 e. The van der Waals surface area contributed by atoms with Gasteiger partial charge in [-0.2, -0.15) is 0 Å². The van der Waals surface area contributed by atoms with Crippen LogP contribution in [0.2, 0.25) is 18.1 Å². The average Bonchev–Trinajstić information content (AvgIpc) is 2.51. The first-order valence-electron chi connectivity index (χ1n) is 7.52. The summed E-state index contributed by atoms with van der Waals surface area (Å²) in [6, 6.07) is 0. The highest BCUT2D eigenvalue weighted by molar-refractivity contribution is 6.74. The molecule has 0 spiro atoms. The molecule has 1 aliphatic heterocycles. The second kappa shape index (κ2) is 4.70. The van der Waals surface area contributed by atoms with Crippen LogP contribution in [0.4, 0.5) is 0 Å². The monoisotopic (exact) mass is 296 g/mol. The van der Waals surface area contributed by atoms with Crippen LogP contribution < -0.4 is 0 Å². The Hall–Kier alpha value is -0.613. The van der Waals surface area contributed by atoms with E-state index >= 15 is 0 Å². The zero-order chi connectivity index (χ0) is 15.3. The predicted octanol–water partition coefficient (Wildman–Crippen LogP) is 4.05. The minimum Gasteiger partial charge on any atom is -0.462 e. The summed E-state index contributed by atoms with van der Waals surface area (Å²) in [4.78, 5) is 11.9. The lowest BCUT2D eigenvalue weighted by atomic mass is 9.86. The summed E-state index contributed by atoms with van der Waals surface area (Å²) in [6.07, 6.45) is 1.69. The number of rotatable bonds is 2. The zero-order valence-corrected chi connectivity index (χ0v) is 14.9. The average molecular weight is 296 g/mol. The van der Waals surface area contributed by atoms with Crippen molar-refractivity contribution >= 4 is 14.3 Å². The zero-order valence-electron chi connectivity index (χ0n) is 13.9. The molecule has 0 aromatic rings. The lowest BCUT2D eigenvalue weighted by molar-refractivity contribution is -0.140. The molecule has 0 bridgehead atoms. The molecule has 4 heteroatoms. The van der Waals surface area contributed by atoms with Crippen molar-refractivity contribution < 1.29 is 14.0 Å². The Bertz CT molecular complexity index is 455. The third-order valence-electron chi connectivity index (χ3n) is 5.12. The Morgan fingerprint density at radius 1 is 1.30 bits per heavy atom. The first-order chi connectivity index (χ1) is 8.96. The van der Waals surface area contributed by atoms with Gasteiger partial charge in [-0.25, -0.2) is 4.79 Å². The number of ether oxygens (including phenoxy) is 1. The van der Waals surface area contributed by atoms with E-state index in [9.17, 15) is 4.79 Å². The highest BCUT2D eigenvalue weighted by Gasteiger charge is 2.49. The highest BCUT2D eigenvalue weighted by Crippen LogP contribution is 2.49. The lowest BCUT2D eigenvalue weighted by Crippen LogP contribution is -2.47. The van der Waals surface area contributed by atoms with E-state index in [-0.39, 0.29) is 22.5 Å². The number of carbonyl (C=O) groups is 1. The van der Waals surface area contributed by atoms with Gasteiger partial charge < -0.3 is 9.16 Å². The smallest absolute Gasteiger partial charge is 0.334 e. The second-order valence-corrected chi connectivity index (χ2v) is 13.1. The van der Waals surface area contributed by atoms with Crippen molar-refractivity contribution in [3.63, 3.8) is 0 Å². The topological polar surface area (TPSA) is 35.5 Å². The first kappa shape index (κ1) is 15.8. The van der Waals surface area contributed by atoms with Crippen molar-refractivity contribution in [2.75, 3.05) is 6.61 Å². The number of hydrogen-bond acceptors (Lipinski definition) is 3. The van der Waals surface area contributed by atoms with Crippen LogP contribution in [-0.2, 0) is 14.0 Å². The van der Waals surface area contributed by atoms with Gasteiger partial charge in [0.15, 0.2) is 8.32 Å². The van der Waals surface area contributed by atoms with Crippen molar-refractivity contribution in [3.8, 4) is 0 Å². The molecule has 0 radical (unpaired) electrons. The molecule has 1 unspecified atom stereocenters. The van der Waals surface area contributed by atoms with E-state index in [1.54, 1.807) is 0 Å². The molecule has 0 N–H and O–H groups in total. The first-order valence-corrected chi connectivity index (χ1v) is 10.4. The molecular weight excluding hydrogens is 268 g/mol. The van der Waals surface area contributed by atoms with Gasteiger partial charge in [0.2, 0.25) is 0 Å². The Kier molecular flexibility index (Phi) is 3.71. The summed E-state index contributed by atoms with van der Waals surface area (Å²) in [5, 5.41) is 0.182. The minimum absolute atomic E-state index is 0.0104. The molecular formula is C16H28O3Si. The molecule has 0 amide bonds. The highest BCUT2D eigenvalue weighted by atomic mass is 28.4. The van der Waals surface area contributed by atoms with E-state index in [4.69, 9.17) is 9.16 Å². The Labute approximate surface area is 123 Å². The molecule has 114 valence electrons. The van der Waals surface area contributed by atoms with Crippen molar-refractivity contribution in [1.82, 2.24) is 0 Å². The molecule has 0 saturated heterocycles. The Balaban J connectivity index is 2.32. The molecule has 20 heavy (non-hydrogen) atoms. The molecule has 2 aliphatic rings. The van der Waals surface area contributed by atoms with Crippen molar-refractivity contribution in [3.05, 3.63) is 11.1 Å². The van der Waals surface area contributed by atoms with Gasteiger partial charge in [0.25, 0.3) is 0 Å². The van der Waals surface area contributed by atoms with Crippen LogP contribution in [0, 0.1) is 5.41 Å². The minimum atomic E-state index is -1.84. The van der Waals surface area contributed by atoms with Crippen LogP contribution in [0.15, 0.2) is 11.1 Å². The van der Waals surface area contributed by atoms with Gasteiger partial charge in [-0.3, -0.25) is 0 Å². The fourth-order valence-electron chi connectivity index (χ4n) is 2.82. The lowest BCUT2D eigenvalue weighted by Gasteiger charge is -2.42. The van der Waals surface area contributed by atoms with Crippen LogP contribution in [0.3, 0.4) is 0 Å². The maximum atomic E-state index is 11.9. The summed E-state index contributed by atoms with van der Waals surface area (Å²) >= 11 is 0. The van der Waals surface area contributed by atoms with Gasteiger partial charge >= 0.3 is 5.97 Å². The number of esters is 1. The molecule has 1 aliphatic carbocycles. The normalized spacial score (nSPS) is 26.6. The van der Waals surface area contributed by atoms with Gasteiger partial charge in [-0.05, 0) is 35.5 Å². The van der Waals surface area contributed by atoms with E-state index < -0.39 is 8.32 Å². The Morgan fingerprint density at radius 3 is 2.45 bits per heavy atom. The van der Waals surface area contributed by atoms with Crippen LogP contribution in [0.5, 0.6) is 0 Å². The maximum absolute atomic E-state index is 11.9. The summed E-state index contributed by atoms with van der Waals surface area (Å²) in [6.45, 7) is 16.2. The van der Waals surface area contributed by atoms with Crippen LogP contribution in [-0.4, -0.2) is 27.0 Å². The molecule has 1 heterocycles. The van der Waals surface area contributed by atoms with Gasteiger partial charge in [-0.15, -0.1) is 0 Å². The van der Waals surface area contributed by atoms with Crippen molar-refractivity contribution in [1.29, 1.82) is 0 Å². The molecule has 1 atom stereocenters. The van der Waals surface area contributed by atoms with Crippen molar-refractivity contribution in [2.45, 2.75) is 71.7 Å². The molecule has 0 aromatic heterocycles. The van der Waals surface area contributed by atoms with Crippen LogP contribution in [0.1, 0.15) is 47.5 Å². The summed E-state index contributed by atoms with van der Waals surface area (Å²) in [5.74, 6) is -0.124. The summed E-state index contributed by atoms with van der Waals surface area (Å²) in [5.41, 5.74) is 2.07. The standard InChI is InChI=1S/C16H28O3Si/c1-15(2,3)20(6,7)19-13-11-8-9-18-14(17)12(11)10-16(13,4)5/h13H,8-10H2,1-7H3. The molecule has 0 saturated carbocycles. The summed E-state index contributed by atoms with van der Waals surface area (Å²) < 4.78 is 11.9. The fourth-order valence-corrected chi connectivity index (χ4v) is 4.22. The van der Waals surface area contributed by atoms with Gasteiger partial charge in [0.05, 0.1) is 12.7 Å². The molecule has 2 rings (SSSR count). The van der Waals surface area contributed by atoms with E-state index in [2.05, 4.69) is 47.7 Å². The third kappa shape index (κ3) is 2.60. The molecule has 0 fully saturated rings. The van der Waals surface area contributed by atoms with E-state index in [1.807, 2.05) is 0 Å². The van der Waals surface area contributed by atoms with E-state index in [0.29, 0.717) is 6.61 Å². The number of carbonyl (C=O) groups excluding carboxylic acids is 1.